The molecule has 0 aliphatic heterocycles. The van der Waals surface area contributed by atoms with Crippen molar-refractivity contribution in [2.24, 2.45) is 0 Å². The fraction of sp³-hybridized carbons (Fsp3) is 0.176. The Bertz CT molecular complexity index is 925. The van der Waals surface area contributed by atoms with Crippen molar-refractivity contribution in [3.63, 3.8) is 0 Å². The molecule has 0 saturated heterocycles. The number of aryl methyl sites for hydroxylation is 2. The van der Waals surface area contributed by atoms with Crippen LogP contribution in [0, 0.1) is 13.8 Å². The van der Waals surface area contributed by atoms with Gasteiger partial charge in [-0.2, -0.15) is 0 Å². The van der Waals surface area contributed by atoms with Gasteiger partial charge in [-0.3, -0.25) is 14.9 Å². The first-order valence-corrected chi connectivity index (χ1v) is 7.52. The Morgan fingerprint density at radius 1 is 1.00 bits per heavy atom. The van der Waals surface area contributed by atoms with Gasteiger partial charge in [0.05, 0.1) is 5.56 Å². The average Bonchev–Trinajstić information content (AvgIpc) is 3.13. The lowest BCUT2D eigenvalue weighted by Crippen LogP contribution is -2.12. The highest BCUT2D eigenvalue weighted by Gasteiger charge is 2.16. The van der Waals surface area contributed by atoms with Crippen molar-refractivity contribution in [2.75, 3.05) is 10.6 Å². The van der Waals surface area contributed by atoms with E-state index in [4.69, 9.17) is 8.83 Å². The second kappa shape index (κ2) is 6.60. The smallest absolute Gasteiger partial charge is 0.322 e. The summed E-state index contributed by atoms with van der Waals surface area (Å²) >= 11 is 0. The molecule has 0 aliphatic carbocycles. The third-order valence-corrected chi connectivity index (χ3v) is 3.38. The Balaban J connectivity index is 1.71. The highest BCUT2D eigenvalue weighted by Crippen LogP contribution is 2.26. The largest absolute Gasteiger partial charge is 0.466 e. The van der Waals surface area contributed by atoms with Gasteiger partial charge in [-0.1, -0.05) is 5.10 Å². The fourth-order valence-corrected chi connectivity index (χ4v) is 2.30. The number of carbonyl (C=O) groups excluding carboxylic acids is 2. The molecule has 0 fully saturated rings. The summed E-state index contributed by atoms with van der Waals surface area (Å²) in [6.07, 6.45) is 0. The number of aromatic nitrogens is 2. The predicted octanol–water partition coefficient (Wildman–Crippen LogP) is 3.16. The van der Waals surface area contributed by atoms with Crippen LogP contribution in [0.1, 0.15) is 28.8 Å². The number of anilines is 2. The maximum Gasteiger partial charge on any atom is 0.322 e. The van der Waals surface area contributed by atoms with E-state index in [0.717, 1.165) is 5.76 Å². The lowest BCUT2D eigenvalue weighted by Gasteiger charge is -2.04. The van der Waals surface area contributed by atoms with Crippen LogP contribution in [-0.4, -0.2) is 22.0 Å². The Morgan fingerprint density at radius 2 is 1.72 bits per heavy atom. The zero-order valence-electron chi connectivity index (χ0n) is 13.9. The van der Waals surface area contributed by atoms with Crippen LogP contribution in [0.5, 0.6) is 0 Å². The van der Waals surface area contributed by atoms with E-state index in [0.29, 0.717) is 22.6 Å². The highest BCUT2D eigenvalue weighted by atomic mass is 16.4. The van der Waals surface area contributed by atoms with Gasteiger partial charge in [0.25, 0.3) is 11.8 Å². The van der Waals surface area contributed by atoms with Gasteiger partial charge in [0, 0.05) is 18.2 Å². The first-order valence-electron chi connectivity index (χ1n) is 7.52. The van der Waals surface area contributed by atoms with Gasteiger partial charge in [0.2, 0.25) is 5.91 Å². The zero-order valence-corrected chi connectivity index (χ0v) is 13.9. The Hall–Kier alpha value is -3.42. The molecular weight excluding hydrogens is 324 g/mol. The number of rotatable bonds is 4. The number of benzene rings is 1. The van der Waals surface area contributed by atoms with Crippen LogP contribution in [-0.2, 0) is 4.79 Å². The normalized spacial score (nSPS) is 10.5. The summed E-state index contributed by atoms with van der Waals surface area (Å²) in [5, 5.41) is 12.9. The first kappa shape index (κ1) is 16.4. The molecule has 0 radical (unpaired) electrons. The Morgan fingerprint density at radius 3 is 2.32 bits per heavy atom. The molecule has 25 heavy (non-hydrogen) atoms. The monoisotopic (exact) mass is 340 g/mol. The molecule has 0 atom stereocenters. The van der Waals surface area contributed by atoms with Crippen LogP contribution in [0.15, 0.2) is 39.2 Å². The summed E-state index contributed by atoms with van der Waals surface area (Å²) in [6.45, 7) is 5.03. The first-order chi connectivity index (χ1) is 11.9. The van der Waals surface area contributed by atoms with Gasteiger partial charge >= 0.3 is 6.01 Å². The van der Waals surface area contributed by atoms with E-state index in [2.05, 4.69) is 20.8 Å². The van der Waals surface area contributed by atoms with Crippen LogP contribution in [0.2, 0.25) is 0 Å². The minimum Gasteiger partial charge on any atom is -0.466 e. The van der Waals surface area contributed by atoms with Crippen molar-refractivity contribution < 1.29 is 18.4 Å². The fourth-order valence-electron chi connectivity index (χ4n) is 2.30. The maximum absolute atomic E-state index is 12.2. The van der Waals surface area contributed by atoms with E-state index in [1.165, 1.54) is 6.92 Å². The summed E-state index contributed by atoms with van der Waals surface area (Å²) in [6, 6.07) is 8.21. The maximum atomic E-state index is 12.2. The highest BCUT2D eigenvalue weighted by molar-refractivity contribution is 6.03. The lowest BCUT2D eigenvalue weighted by molar-refractivity contribution is -0.114. The van der Waals surface area contributed by atoms with E-state index < -0.39 is 5.91 Å². The zero-order chi connectivity index (χ0) is 18.0. The van der Waals surface area contributed by atoms with E-state index in [1.807, 2.05) is 6.92 Å². The molecule has 3 rings (SSSR count). The Kier molecular flexibility index (Phi) is 4.34. The van der Waals surface area contributed by atoms with Gasteiger partial charge < -0.3 is 14.2 Å². The minimum absolute atomic E-state index is 0.0100. The number of carbonyl (C=O) groups is 2. The van der Waals surface area contributed by atoms with E-state index in [9.17, 15) is 9.59 Å². The van der Waals surface area contributed by atoms with E-state index >= 15 is 0 Å². The van der Waals surface area contributed by atoms with Crippen LogP contribution < -0.4 is 10.6 Å². The quantitative estimate of drug-likeness (QED) is 0.755. The number of nitrogens with one attached hydrogen (secondary N) is 2. The SMILES string of the molecule is CC(=O)Nc1ccc(C(=O)Nc2nnc(-c3cc(C)oc3C)o2)cc1. The number of hydrogen-bond acceptors (Lipinski definition) is 6. The molecule has 2 N–H and O–H groups in total. The van der Waals surface area contributed by atoms with Crippen LogP contribution in [0.4, 0.5) is 11.7 Å². The molecule has 0 bridgehead atoms. The average molecular weight is 340 g/mol. The van der Waals surface area contributed by atoms with Crippen LogP contribution in [0.3, 0.4) is 0 Å². The second-order valence-corrected chi connectivity index (χ2v) is 5.45. The standard InChI is InChI=1S/C17H16N4O4/c1-9-8-14(10(2)24-9)16-20-21-17(25-16)19-15(23)12-4-6-13(7-5-12)18-11(3)22/h4-8H,1-3H3,(H,18,22)(H,19,21,23). The summed E-state index contributed by atoms with van der Waals surface area (Å²) in [7, 11) is 0. The molecule has 8 nitrogen and oxygen atoms in total. The Labute approximate surface area is 143 Å². The van der Waals surface area contributed by atoms with Crippen molar-refractivity contribution >= 4 is 23.5 Å². The van der Waals surface area contributed by atoms with Gasteiger partial charge in [0.15, 0.2) is 0 Å². The molecule has 8 heteroatoms. The van der Waals surface area contributed by atoms with Crippen LogP contribution >= 0.6 is 0 Å². The van der Waals surface area contributed by atoms with E-state index in [-0.39, 0.29) is 17.8 Å². The molecule has 0 saturated carbocycles. The van der Waals surface area contributed by atoms with Crippen molar-refractivity contribution in [1.29, 1.82) is 0 Å². The number of amides is 2. The third-order valence-electron chi connectivity index (χ3n) is 3.38. The molecule has 128 valence electrons. The molecule has 0 unspecified atom stereocenters. The summed E-state index contributed by atoms with van der Waals surface area (Å²) in [5.74, 6) is 1.08. The summed E-state index contributed by atoms with van der Waals surface area (Å²) in [5.41, 5.74) is 1.68. The van der Waals surface area contributed by atoms with Crippen molar-refractivity contribution in [3.05, 3.63) is 47.4 Å². The molecule has 1 aromatic carbocycles. The summed E-state index contributed by atoms with van der Waals surface area (Å²) < 4.78 is 10.9. The van der Waals surface area contributed by atoms with Gasteiger partial charge in [-0.25, -0.2) is 0 Å². The molecule has 0 spiro atoms. The molecule has 2 aromatic heterocycles. The molecule has 3 aromatic rings. The molecular formula is C17H16N4O4. The van der Waals surface area contributed by atoms with E-state index in [1.54, 1.807) is 37.3 Å². The van der Waals surface area contributed by atoms with Gasteiger partial charge in [-0.05, 0) is 44.2 Å². The summed E-state index contributed by atoms with van der Waals surface area (Å²) in [4.78, 5) is 23.2. The number of nitrogens with zero attached hydrogens (tertiary/aromatic N) is 2. The van der Waals surface area contributed by atoms with Crippen molar-refractivity contribution in [1.82, 2.24) is 10.2 Å². The van der Waals surface area contributed by atoms with Crippen molar-refractivity contribution in [2.45, 2.75) is 20.8 Å². The molecule has 2 heterocycles. The second-order valence-electron chi connectivity index (χ2n) is 5.45. The van der Waals surface area contributed by atoms with Gasteiger partial charge in [-0.15, -0.1) is 5.10 Å². The van der Waals surface area contributed by atoms with Crippen LogP contribution in [0.25, 0.3) is 11.5 Å². The minimum atomic E-state index is -0.398. The van der Waals surface area contributed by atoms with Crippen molar-refractivity contribution in [3.8, 4) is 11.5 Å². The number of furan rings is 1. The predicted molar refractivity (Wildman–Crippen MR) is 90.2 cm³/mol. The molecule has 2 amide bonds. The lowest BCUT2D eigenvalue weighted by atomic mass is 10.2. The third kappa shape index (κ3) is 3.74. The number of hydrogen-bond donors (Lipinski definition) is 2. The molecule has 0 aliphatic rings. The van der Waals surface area contributed by atoms with Gasteiger partial charge in [0.1, 0.15) is 11.5 Å². The topological polar surface area (TPSA) is 110 Å².